The van der Waals surface area contributed by atoms with E-state index in [0.29, 0.717) is 13.0 Å². The molecule has 0 saturated carbocycles. The Morgan fingerprint density at radius 1 is 1.40 bits per heavy atom. The summed E-state index contributed by atoms with van der Waals surface area (Å²) in [6.45, 7) is 0.547. The van der Waals surface area contributed by atoms with E-state index in [9.17, 15) is 9.59 Å². The molecule has 3 rings (SSSR count). The number of benzene rings is 1. The van der Waals surface area contributed by atoms with Gasteiger partial charge in [-0.1, -0.05) is 24.3 Å². The Labute approximate surface area is 116 Å². The molecule has 0 fully saturated rings. The molecular weight excluding hydrogens is 254 g/mol. The first kappa shape index (κ1) is 12.6. The molecule has 0 aliphatic heterocycles. The van der Waals surface area contributed by atoms with Crippen LogP contribution in [-0.2, 0) is 17.6 Å². The number of rotatable bonds is 4. The van der Waals surface area contributed by atoms with Crippen molar-refractivity contribution < 1.29 is 4.79 Å². The highest BCUT2D eigenvalue weighted by Crippen LogP contribution is 2.34. The second-order valence-corrected chi connectivity index (χ2v) is 4.92. The van der Waals surface area contributed by atoms with E-state index in [4.69, 9.17) is 0 Å². The molecule has 102 valence electrons. The van der Waals surface area contributed by atoms with Gasteiger partial charge in [0, 0.05) is 18.9 Å². The lowest BCUT2D eigenvalue weighted by atomic mass is 9.77. The molecule has 1 amide bonds. The molecule has 5 nitrogen and oxygen atoms in total. The van der Waals surface area contributed by atoms with Crippen LogP contribution in [-0.4, -0.2) is 22.4 Å². The number of H-pyrrole nitrogens is 1. The van der Waals surface area contributed by atoms with Crippen molar-refractivity contribution in [1.82, 2.24) is 15.3 Å². The van der Waals surface area contributed by atoms with Crippen molar-refractivity contribution in [2.45, 2.75) is 18.8 Å². The quantitative estimate of drug-likeness (QED) is 0.861. The molecule has 1 aromatic carbocycles. The van der Waals surface area contributed by atoms with Crippen molar-refractivity contribution in [2.24, 2.45) is 0 Å². The van der Waals surface area contributed by atoms with Gasteiger partial charge in [0.15, 0.2) is 0 Å². The third kappa shape index (κ3) is 2.47. The van der Waals surface area contributed by atoms with Gasteiger partial charge in [-0.25, -0.2) is 9.78 Å². The first-order chi connectivity index (χ1) is 9.74. The molecule has 1 aliphatic carbocycles. The van der Waals surface area contributed by atoms with Gasteiger partial charge >= 0.3 is 5.69 Å². The van der Waals surface area contributed by atoms with Gasteiger partial charge in [-0.3, -0.25) is 4.79 Å². The average Bonchev–Trinajstić information content (AvgIpc) is 2.42. The maximum Gasteiger partial charge on any atom is 0.344 e. The number of fused-ring (bicyclic) bond motifs is 1. The maximum absolute atomic E-state index is 12.0. The number of nitrogens with one attached hydrogen (secondary N) is 2. The monoisotopic (exact) mass is 269 g/mol. The molecule has 0 saturated heterocycles. The molecule has 0 unspecified atom stereocenters. The second kappa shape index (κ2) is 5.28. The molecule has 1 aliphatic rings. The van der Waals surface area contributed by atoms with Gasteiger partial charge in [0.05, 0.1) is 5.92 Å². The first-order valence-corrected chi connectivity index (χ1v) is 6.63. The van der Waals surface area contributed by atoms with Crippen molar-refractivity contribution in [3.8, 4) is 0 Å². The van der Waals surface area contributed by atoms with Crippen LogP contribution in [0.15, 0.2) is 41.5 Å². The van der Waals surface area contributed by atoms with Crippen LogP contribution in [0.3, 0.4) is 0 Å². The molecule has 20 heavy (non-hydrogen) atoms. The van der Waals surface area contributed by atoms with Crippen molar-refractivity contribution in [3.05, 3.63) is 63.8 Å². The standard InChI is InChI=1S/C15H15N3O2/c19-14(13-7-11-3-1-2-4-12(11)13)16-6-5-10-8-17-15(20)18-9-10/h1-4,8-9,13H,5-7H2,(H,16,19)(H,17,18,20)/t13-/m1/s1. The molecule has 0 spiro atoms. The fraction of sp³-hybridized carbons (Fsp3) is 0.267. The summed E-state index contributed by atoms with van der Waals surface area (Å²) in [6, 6.07) is 8.03. The second-order valence-electron chi connectivity index (χ2n) is 4.92. The summed E-state index contributed by atoms with van der Waals surface area (Å²) in [4.78, 5) is 29.0. The molecule has 1 heterocycles. The number of amides is 1. The highest BCUT2D eigenvalue weighted by Gasteiger charge is 2.31. The SMILES string of the molecule is O=C(NCCc1cnc(=O)[nH]c1)[C@@H]1Cc2ccccc21. The number of nitrogens with zero attached hydrogens (tertiary/aromatic N) is 1. The van der Waals surface area contributed by atoms with Crippen molar-refractivity contribution >= 4 is 5.91 Å². The molecule has 2 N–H and O–H groups in total. The molecule has 2 aromatic rings. The summed E-state index contributed by atoms with van der Waals surface area (Å²) >= 11 is 0. The van der Waals surface area contributed by atoms with E-state index in [0.717, 1.165) is 17.5 Å². The first-order valence-electron chi connectivity index (χ1n) is 6.63. The highest BCUT2D eigenvalue weighted by atomic mass is 16.2. The van der Waals surface area contributed by atoms with Crippen LogP contribution >= 0.6 is 0 Å². The molecule has 5 heteroatoms. The Hall–Kier alpha value is -2.43. The van der Waals surface area contributed by atoms with Gasteiger partial charge < -0.3 is 10.3 Å². The third-order valence-corrected chi connectivity index (χ3v) is 3.61. The summed E-state index contributed by atoms with van der Waals surface area (Å²) < 4.78 is 0. The average molecular weight is 269 g/mol. The van der Waals surface area contributed by atoms with Gasteiger partial charge in [-0.2, -0.15) is 0 Å². The van der Waals surface area contributed by atoms with Crippen molar-refractivity contribution in [1.29, 1.82) is 0 Å². The van der Waals surface area contributed by atoms with Gasteiger partial charge in [-0.05, 0) is 29.5 Å². The number of aromatic nitrogens is 2. The largest absolute Gasteiger partial charge is 0.355 e. The van der Waals surface area contributed by atoms with E-state index in [-0.39, 0.29) is 17.5 Å². The Bertz CT molecular complexity index is 673. The van der Waals surface area contributed by atoms with Crippen LogP contribution in [0.4, 0.5) is 0 Å². The van der Waals surface area contributed by atoms with Gasteiger partial charge in [0.1, 0.15) is 0 Å². The highest BCUT2D eigenvalue weighted by molar-refractivity contribution is 5.86. The molecule has 1 aromatic heterocycles. The normalized spacial score (nSPS) is 16.1. The lowest BCUT2D eigenvalue weighted by Gasteiger charge is -2.28. The zero-order valence-electron chi connectivity index (χ0n) is 10.9. The van der Waals surface area contributed by atoms with Gasteiger partial charge in [0.25, 0.3) is 0 Å². The van der Waals surface area contributed by atoms with Crippen molar-refractivity contribution in [2.75, 3.05) is 6.54 Å². The predicted octanol–water partition coefficient (Wildman–Crippen LogP) is 0.768. The Morgan fingerprint density at radius 2 is 2.25 bits per heavy atom. The van der Waals surface area contributed by atoms with Crippen LogP contribution in [0.5, 0.6) is 0 Å². The van der Waals surface area contributed by atoms with Crippen LogP contribution < -0.4 is 11.0 Å². The smallest absolute Gasteiger partial charge is 0.344 e. The number of hydrogen-bond donors (Lipinski definition) is 2. The minimum absolute atomic E-state index is 0.0140. The summed E-state index contributed by atoms with van der Waals surface area (Å²) in [5.41, 5.74) is 2.94. The topological polar surface area (TPSA) is 74.8 Å². The number of hydrogen-bond acceptors (Lipinski definition) is 3. The van der Waals surface area contributed by atoms with E-state index in [1.54, 1.807) is 6.20 Å². The minimum Gasteiger partial charge on any atom is -0.355 e. The lowest BCUT2D eigenvalue weighted by molar-refractivity contribution is -0.123. The van der Waals surface area contributed by atoms with E-state index in [1.807, 2.05) is 18.2 Å². The molecular formula is C15H15N3O2. The minimum atomic E-state index is -0.358. The Morgan fingerprint density at radius 3 is 3.00 bits per heavy atom. The Balaban J connectivity index is 1.51. The summed E-state index contributed by atoms with van der Waals surface area (Å²) in [7, 11) is 0. The summed E-state index contributed by atoms with van der Waals surface area (Å²) in [6.07, 6.45) is 4.63. The van der Waals surface area contributed by atoms with Gasteiger partial charge in [0.2, 0.25) is 5.91 Å². The van der Waals surface area contributed by atoms with Crippen LogP contribution in [0.2, 0.25) is 0 Å². The van der Waals surface area contributed by atoms with E-state index in [2.05, 4.69) is 21.4 Å². The zero-order valence-corrected chi connectivity index (χ0v) is 10.9. The van der Waals surface area contributed by atoms with Crippen molar-refractivity contribution in [3.63, 3.8) is 0 Å². The number of aromatic amines is 1. The van der Waals surface area contributed by atoms with E-state index >= 15 is 0 Å². The zero-order chi connectivity index (χ0) is 13.9. The molecule has 1 atom stereocenters. The van der Waals surface area contributed by atoms with Gasteiger partial charge in [-0.15, -0.1) is 0 Å². The van der Waals surface area contributed by atoms with Crippen LogP contribution in [0, 0.1) is 0 Å². The summed E-state index contributed by atoms with van der Waals surface area (Å²) in [5.74, 6) is 0.0565. The lowest BCUT2D eigenvalue weighted by Crippen LogP contribution is -2.36. The maximum atomic E-state index is 12.0. The van der Waals surface area contributed by atoms with E-state index < -0.39 is 0 Å². The Kier molecular flexibility index (Phi) is 3.33. The predicted molar refractivity (Wildman–Crippen MR) is 74.5 cm³/mol. The number of carbonyl (C=O) groups is 1. The number of carbonyl (C=O) groups excluding carboxylic acids is 1. The van der Waals surface area contributed by atoms with E-state index in [1.165, 1.54) is 11.8 Å². The molecule has 0 bridgehead atoms. The summed E-state index contributed by atoms with van der Waals surface area (Å²) in [5, 5.41) is 2.93. The fourth-order valence-corrected chi connectivity index (χ4v) is 2.45. The third-order valence-electron chi connectivity index (χ3n) is 3.61. The van der Waals surface area contributed by atoms with Crippen LogP contribution in [0.1, 0.15) is 22.6 Å². The fourth-order valence-electron chi connectivity index (χ4n) is 2.45. The van der Waals surface area contributed by atoms with Crippen LogP contribution in [0.25, 0.3) is 0 Å². The molecule has 0 radical (unpaired) electrons.